The normalized spacial score (nSPS) is 10.8. The predicted octanol–water partition coefficient (Wildman–Crippen LogP) is 4.83. The van der Waals surface area contributed by atoms with Gasteiger partial charge >= 0.3 is 0 Å². The molecule has 0 unspecified atom stereocenters. The van der Waals surface area contributed by atoms with Crippen molar-refractivity contribution in [3.05, 3.63) is 34.9 Å². The van der Waals surface area contributed by atoms with Crippen molar-refractivity contribution >= 4 is 15.9 Å². The van der Waals surface area contributed by atoms with Gasteiger partial charge in [-0.1, -0.05) is 61.5 Å². The van der Waals surface area contributed by atoms with Crippen LogP contribution in [0.3, 0.4) is 0 Å². The fourth-order valence-corrected chi connectivity index (χ4v) is 0.868. The maximum absolute atomic E-state index is 3.91. The van der Waals surface area contributed by atoms with Crippen LogP contribution >= 0.6 is 15.9 Å². The fourth-order valence-electron chi connectivity index (χ4n) is 0.587. The lowest BCUT2D eigenvalue weighted by Crippen LogP contribution is -1.82. The van der Waals surface area contributed by atoms with Crippen LogP contribution in [0.5, 0.6) is 0 Å². The third kappa shape index (κ3) is 5.36. The Morgan fingerprint density at radius 3 is 2.08 bits per heavy atom. The molecular formula is C11H19Br. The van der Waals surface area contributed by atoms with Gasteiger partial charge in [-0.25, -0.2) is 0 Å². The monoisotopic (exact) mass is 230 g/mol. The van der Waals surface area contributed by atoms with Gasteiger partial charge in [0.25, 0.3) is 0 Å². The van der Waals surface area contributed by atoms with E-state index < -0.39 is 0 Å². The number of allylic oxidation sites excluding steroid dienone is 4. The van der Waals surface area contributed by atoms with Gasteiger partial charge in [0, 0.05) is 4.48 Å². The SMILES string of the molecule is C=C/C(Br)=C(/C)C(=C)CC.CC. The standard InChI is InChI=1S/C9H13Br.C2H6/c1-5-7(3)8(4)9(10)6-2;1-2/h6H,2-3,5H2,1,4H3;1-2H3/b9-8+;. The highest BCUT2D eigenvalue weighted by atomic mass is 79.9. The van der Waals surface area contributed by atoms with Crippen molar-refractivity contribution in [2.75, 3.05) is 0 Å². The molecule has 0 heterocycles. The third-order valence-electron chi connectivity index (χ3n) is 1.49. The van der Waals surface area contributed by atoms with Crippen LogP contribution in [0.1, 0.15) is 34.1 Å². The number of rotatable bonds is 3. The van der Waals surface area contributed by atoms with Gasteiger partial charge in [-0.3, -0.25) is 0 Å². The van der Waals surface area contributed by atoms with E-state index in [9.17, 15) is 0 Å². The zero-order chi connectivity index (χ0) is 10.1. The van der Waals surface area contributed by atoms with Crippen LogP contribution in [0.4, 0.5) is 0 Å². The molecule has 0 atom stereocenters. The Bertz CT molecular complexity index is 175. The van der Waals surface area contributed by atoms with Crippen molar-refractivity contribution in [2.45, 2.75) is 34.1 Å². The Labute approximate surface area is 85.2 Å². The van der Waals surface area contributed by atoms with Gasteiger partial charge in [0.15, 0.2) is 0 Å². The summed E-state index contributed by atoms with van der Waals surface area (Å²) < 4.78 is 1.04. The van der Waals surface area contributed by atoms with Crippen molar-refractivity contribution in [1.82, 2.24) is 0 Å². The molecule has 0 aromatic carbocycles. The lowest BCUT2D eigenvalue weighted by Gasteiger charge is -2.02. The molecule has 0 aliphatic rings. The van der Waals surface area contributed by atoms with Gasteiger partial charge in [-0.15, -0.1) is 0 Å². The van der Waals surface area contributed by atoms with E-state index in [1.807, 2.05) is 20.8 Å². The predicted molar refractivity (Wildman–Crippen MR) is 62.6 cm³/mol. The van der Waals surface area contributed by atoms with Gasteiger partial charge in [0.2, 0.25) is 0 Å². The molecule has 0 aromatic rings. The Balaban J connectivity index is 0. The van der Waals surface area contributed by atoms with E-state index in [0.717, 1.165) is 16.5 Å². The topological polar surface area (TPSA) is 0 Å². The van der Waals surface area contributed by atoms with E-state index in [2.05, 4.69) is 36.0 Å². The van der Waals surface area contributed by atoms with Crippen LogP contribution in [-0.4, -0.2) is 0 Å². The first kappa shape index (κ1) is 14.2. The molecule has 0 aromatic heterocycles. The highest BCUT2D eigenvalue weighted by molar-refractivity contribution is 9.11. The molecule has 0 fully saturated rings. The summed E-state index contributed by atoms with van der Waals surface area (Å²) in [5, 5.41) is 0. The minimum Gasteiger partial charge on any atom is -0.0979 e. The van der Waals surface area contributed by atoms with Gasteiger partial charge < -0.3 is 0 Å². The molecular weight excluding hydrogens is 212 g/mol. The molecule has 70 valence electrons. The molecule has 0 saturated heterocycles. The molecule has 12 heavy (non-hydrogen) atoms. The van der Waals surface area contributed by atoms with E-state index in [1.165, 1.54) is 5.57 Å². The first-order valence-corrected chi connectivity index (χ1v) is 5.09. The molecule has 0 bridgehead atoms. The molecule has 0 aliphatic heterocycles. The first-order valence-electron chi connectivity index (χ1n) is 4.30. The molecule has 0 amide bonds. The summed E-state index contributed by atoms with van der Waals surface area (Å²) in [6.45, 7) is 15.7. The number of hydrogen-bond acceptors (Lipinski definition) is 0. The van der Waals surface area contributed by atoms with Crippen LogP contribution < -0.4 is 0 Å². The van der Waals surface area contributed by atoms with Gasteiger partial charge in [0.1, 0.15) is 0 Å². The van der Waals surface area contributed by atoms with E-state index in [0.29, 0.717) is 0 Å². The summed E-state index contributed by atoms with van der Waals surface area (Å²) in [5.74, 6) is 0. The Hall–Kier alpha value is -0.300. The van der Waals surface area contributed by atoms with Gasteiger partial charge in [-0.2, -0.15) is 0 Å². The molecule has 0 rings (SSSR count). The minimum absolute atomic E-state index is 0.995. The second-order valence-corrected chi connectivity index (χ2v) is 2.99. The molecule has 0 radical (unpaired) electrons. The lowest BCUT2D eigenvalue weighted by molar-refractivity contribution is 1.11. The molecule has 0 aliphatic carbocycles. The Kier molecular flexibility index (Phi) is 10.4. The van der Waals surface area contributed by atoms with Crippen molar-refractivity contribution in [3.63, 3.8) is 0 Å². The van der Waals surface area contributed by atoms with E-state index in [1.54, 1.807) is 6.08 Å². The molecule has 0 nitrogen and oxygen atoms in total. The highest BCUT2D eigenvalue weighted by Gasteiger charge is 1.96. The fraction of sp³-hybridized carbons (Fsp3) is 0.455. The van der Waals surface area contributed by atoms with Crippen LogP contribution in [-0.2, 0) is 0 Å². The minimum atomic E-state index is 0.995. The second-order valence-electron chi connectivity index (χ2n) is 2.13. The molecule has 1 heteroatoms. The van der Waals surface area contributed by atoms with Gasteiger partial charge in [0.05, 0.1) is 0 Å². The van der Waals surface area contributed by atoms with E-state index in [-0.39, 0.29) is 0 Å². The van der Waals surface area contributed by atoms with Crippen LogP contribution in [0.2, 0.25) is 0 Å². The Morgan fingerprint density at radius 1 is 1.42 bits per heavy atom. The quantitative estimate of drug-likeness (QED) is 0.610. The summed E-state index contributed by atoms with van der Waals surface area (Å²) in [4.78, 5) is 0. The highest BCUT2D eigenvalue weighted by Crippen LogP contribution is 2.20. The summed E-state index contributed by atoms with van der Waals surface area (Å²) in [7, 11) is 0. The van der Waals surface area contributed by atoms with Crippen molar-refractivity contribution < 1.29 is 0 Å². The lowest BCUT2D eigenvalue weighted by atomic mass is 10.1. The summed E-state index contributed by atoms with van der Waals surface area (Å²) in [6, 6.07) is 0. The van der Waals surface area contributed by atoms with Crippen molar-refractivity contribution in [3.8, 4) is 0 Å². The summed E-state index contributed by atoms with van der Waals surface area (Å²) in [6.07, 6.45) is 2.78. The zero-order valence-corrected chi connectivity index (χ0v) is 10.2. The summed E-state index contributed by atoms with van der Waals surface area (Å²) >= 11 is 3.38. The Morgan fingerprint density at radius 2 is 1.83 bits per heavy atom. The second kappa shape index (κ2) is 8.79. The summed E-state index contributed by atoms with van der Waals surface area (Å²) in [5.41, 5.74) is 2.35. The maximum atomic E-state index is 3.91. The van der Waals surface area contributed by atoms with Crippen molar-refractivity contribution in [2.24, 2.45) is 0 Å². The molecule has 0 N–H and O–H groups in total. The van der Waals surface area contributed by atoms with Gasteiger partial charge in [-0.05, 0) is 18.9 Å². The first-order chi connectivity index (χ1) is 5.63. The van der Waals surface area contributed by atoms with Crippen molar-refractivity contribution in [1.29, 1.82) is 0 Å². The van der Waals surface area contributed by atoms with Crippen LogP contribution in [0.25, 0.3) is 0 Å². The smallest absolute Gasteiger partial charge is 0.0201 e. The number of hydrogen-bond donors (Lipinski definition) is 0. The van der Waals surface area contributed by atoms with E-state index >= 15 is 0 Å². The maximum Gasteiger partial charge on any atom is 0.0201 e. The number of halogens is 1. The third-order valence-corrected chi connectivity index (χ3v) is 2.41. The van der Waals surface area contributed by atoms with Crippen LogP contribution in [0.15, 0.2) is 34.9 Å². The van der Waals surface area contributed by atoms with Crippen LogP contribution in [0, 0.1) is 0 Å². The average Bonchev–Trinajstić information content (AvgIpc) is 2.17. The molecule has 0 saturated carbocycles. The average molecular weight is 231 g/mol. The molecule has 0 spiro atoms. The van der Waals surface area contributed by atoms with E-state index in [4.69, 9.17) is 0 Å². The largest absolute Gasteiger partial charge is 0.0979 e. The zero-order valence-electron chi connectivity index (χ0n) is 8.58.